The second kappa shape index (κ2) is 5.89. The summed E-state index contributed by atoms with van der Waals surface area (Å²) >= 11 is 0. The smallest absolute Gasteiger partial charge is 0.328 e. The molecular weight excluding hydrogens is 216 g/mol. The lowest BCUT2D eigenvalue weighted by Gasteiger charge is -2.11. The van der Waals surface area contributed by atoms with Crippen molar-refractivity contribution in [2.24, 2.45) is 0 Å². The van der Waals surface area contributed by atoms with E-state index in [9.17, 15) is 4.79 Å². The fraction of sp³-hybridized carbons (Fsp3) is 0.214. The molecule has 0 fully saturated rings. The third-order valence-electron chi connectivity index (χ3n) is 2.11. The van der Waals surface area contributed by atoms with Crippen LogP contribution < -0.4 is 4.74 Å². The van der Waals surface area contributed by atoms with Crippen LogP contribution in [-0.2, 0) is 4.79 Å². The van der Waals surface area contributed by atoms with E-state index >= 15 is 0 Å². The van der Waals surface area contributed by atoms with Gasteiger partial charge in [0.25, 0.3) is 0 Å². The summed E-state index contributed by atoms with van der Waals surface area (Å²) in [7, 11) is 0. The zero-order chi connectivity index (χ0) is 12.8. The van der Waals surface area contributed by atoms with Crippen molar-refractivity contribution in [1.29, 1.82) is 0 Å². The van der Waals surface area contributed by atoms with Crippen molar-refractivity contribution in [3.63, 3.8) is 0 Å². The molecule has 90 valence electrons. The largest absolute Gasteiger partial charge is 0.488 e. The molecule has 17 heavy (non-hydrogen) atoms. The Morgan fingerprint density at radius 3 is 2.82 bits per heavy atom. The van der Waals surface area contributed by atoms with Gasteiger partial charge in [0.05, 0.1) is 0 Å². The highest BCUT2D eigenvalue weighted by atomic mass is 16.5. The average Bonchev–Trinajstić information content (AvgIpc) is 2.24. The lowest BCUT2D eigenvalue weighted by Crippen LogP contribution is -2.01. The molecule has 1 aromatic rings. The third kappa shape index (κ3) is 4.15. The summed E-state index contributed by atoms with van der Waals surface area (Å²) in [5.74, 6) is -0.273. The van der Waals surface area contributed by atoms with Gasteiger partial charge in [0.1, 0.15) is 12.4 Å². The lowest BCUT2D eigenvalue weighted by molar-refractivity contribution is -0.131. The van der Waals surface area contributed by atoms with Crippen molar-refractivity contribution in [2.45, 2.75) is 13.8 Å². The van der Waals surface area contributed by atoms with E-state index in [1.165, 1.54) is 6.08 Å². The second-order valence-corrected chi connectivity index (χ2v) is 3.91. The molecule has 0 heterocycles. The zero-order valence-corrected chi connectivity index (χ0v) is 10.1. The van der Waals surface area contributed by atoms with Crippen molar-refractivity contribution in [1.82, 2.24) is 0 Å². The number of carboxylic acids is 1. The highest BCUT2D eigenvalue weighted by Gasteiger charge is 2.04. The van der Waals surface area contributed by atoms with Gasteiger partial charge in [-0.3, -0.25) is 0 Å². The van der Waals surface area contributed by atoms with Crippen LogP contribution in [0.2, 0.25) is 0 Å². The van der Waals surface area contributed by atoms with Gasteiger partial charge in [-0.05, 0) is 31.1 Å². The van der Waals surface area contributed by atoms with Gasteiger partial charge >= 0.3 is 5.97 Å². The fourth-order valence-corrected chi connectivity index (χ4v) is 1.36. The quantitative estimate of drug-likeness (QED) is 0.627. The van der Waals surface area contributed by atoms with Crippen molar-refractivity contribution in [3.05, 3.63) is 47.6 Å². The number of hydrogen-bond acceptors (Lipinski definition) is 2. The summed E-state index contributed by atoms with van der Waals surface area (Å²) in [4.78, 5) is 10.5. The predicted molar refractivity (Wildman–Crippen MR) is 68.2 cm³/mol. The normalized spacial score (nSPS) is 10.5. The SMILES string of the molecule is C=C(C)COc1c(C)cccc1/C=C/C(=O)O. The number of aryl methyl sites for hydroxylation is 1. The van der Waals surface area contributed by atoms with E-state index in [2.05, 4.69) is 6.58 Å². The van der Waals surface area contributed by atoms with Gasteiger partial charge < -0.3 is 9.84 Å². The zero-order valence-electron chi connectivity index (χ0n) is 10.1. The van der Waals surface area contributed by atoms with E-state index in [-0.39, 0.29) is 0 Å². The van der Waals surface area contributed by atoms with Crippen molar-refractivity contribution >= 4 is 12.0 Å². The highest BCUT2D eigenvalue weighted by molar-refractivity contribution is 5.86. The van der Waals surface area contributed by atoms with E-state index in [1.807, 2.05) is 32.0 Å². The Morgan fingerprint density at radius 2 is 2.24 bits per heavy atom. The lowest BCUT2D eigenvalue weighted by atomic mass is 10.1. The molecule has 0 atom stereocenters. The minimum atomic E-state index is -0.975. The molecule has 0 saturated carbocycles. The van der Waals surface area contributed by atoms with E-state index in [4.69, 9.17) is 9.84 Å². The van der Waals surface area contributed by atoms with Gasteiger partial charge in [-0.2, -0.15) is 0 Å². The van der Waals surface area contributed by atoms with E-state index in [0.29, 0.717) is 12.4 Å². The summed E-state index contributed by atoms with van der Waals surface area (Å²) in [5, 5.41) is 8.61. The molecule has 0 aromatic heterocycles. The summed E-state index contributed by atoms with van der Waals surface area (Å²) in [6.45, 7) is 8.00. The van der Waals surface area contributed by atoms with E-state index in [0.717, 1.165) is 22.8 Å². The summed E-state index contributed by atoms with van der Waals surface area (Å²) in [6, 6.07) is 5.61. The monoisotopic (exact) mass is 232 g/mol. The van der Waals surface area contributed by atoms with Gasteiger partial charge in [0.2, 0.25) is 0 Å². The first-order valence-electron chi connectivity index (χ1n) is 5.28. The maximum Gasteiger partial charge on any atom is 0.328 e. The first-order chi connectivity index (χ1) is 8.00. The van der Waals surface area contributed by atoms with Crippen LogP contribution in [0.25, 0.3) is 6.08 Å². The summed E-state index contributed by atoms with van der Waals surface area (Å²) in [5.41, 5.74) is 2.65. The number of carboxylic acid groups (broad SMARTS) is 1. The maximum atomic E-state index is 10.5. The Hall–Kier alpha value is -2.03. The van der Waals surface area contributed by atoms with Gasteiger partial charge in [0.15, 0.2) is 0 Å². The minimum absolute atomic E-state index is 0.429. The van der Waals surface area contributed by atoms with Gasteiger partial charge in [-0.15, -0.1) is 0 Å². The van der Waals surface area contributed by atoms with Crippen LogP contribution >= 0.6 is 0 Å². The minimum Gasteiger partial charge on any atom is -0.488 e. The second-order valence-electron chi connectivity index (χ2n) is 3.91. The van der Waals surface area contributed by atoms with E-state index in [1.54, 1.807) is 0 Å². The predicted octanol–water partition coefficient (Wildman–Crippen LogP) is 3.05. The molecule has 0 spiro atoms. The Kier molecular flexibility index (Phi) is 4.52. The molecule has 0 unspecified atom stereocenters. The number of carbonyl (C=O) groups is 1. The van der Waals surface area contributed by atoms with Gasteiger partial charge in [-0.25, -0.2) is 4.79 Å². The highest BCUT2D eigenvalue weighted by Crippen LogP contribution is 2.25. The van der Waals surface area contributed by atoms with Crippen LogP contribution in [-0.4, -0.2) is 17.7 Å². The standard InChI is InChI=1S/C14H16O3/c1-10(2)9-17-14-11(3)5-4-6-12(14)7-8-13(15)16/h4-8H,1,9H2,2-3H3,(H,15,16)/b8-7+. The van der Waals surface area contributed by atoms with Crippen LogP contribution in [0, 0.1) is 6.92 Å². The van der Waals surface area contributed by atoms with Crippen LogP contribution in [0.1, 0.15) is 18.1 Å². The van der Waals surface area contributed by atoms with Crippen LogP contribution in [0.3, 0.4) is 0 Å². The van der Waals surface area contributed by atoms with Gasteiger partial charge in [0, 0.05) is 11.6 Å². The first-order valence-corrected chi connectivity index (χ1v) is 5.28. The number of hydrogen-bond donors (Lipinski definition) is 1. The molecule has 0 amide bonds. The van der Waals surface area contributed by atoms with Crippen LogP contribution in [0.15, 0.2) is 36.4 Å². The Balaban J connectivity index is 2.99. The molecule has 3 heteroatoms. The summed E-state index contributed by atoms with van der Waals surface area (Å²) < 4.78 is 5.62. The molecule has 0 aliphatic heterocycles. The average molecular weight is 232 g/mol. The molecule has 0 aliphatic rings. The molecule has 1 rings (SSSR count). The molecular formula is C14H16O3. The fourth-order valence-electron chi connectivity index (χ4n) is 1.36. The summed E-state index contributed by atoms with van der Waals surface area (Å²) in [6.07, 6.45) is 2.63. The van der Waals surface area contributed by atoms with Crippen LogP contribution in [0.4, 0.5) is 0 Å². The number of rotatable bonds is 5. The molecule has 1 aromatic carbocycles. The Labute approximate surface area is 101 Å². The maximum absolute atomic E-state index is 10.5. The number of aliphatic carboxylic acids is 1. The topological polar surface area (TPSA) is 46.5 Å². The number of para-hydroxylation sites is 1. The van der Waals surface area contributed by atoms with Crippen molar-refractivity contribution in [3.8, 4) is 5.75 Å². The number of benzene rings is 1. The van der Waals surface area contributed by atoms with Gasteiger partial charge in [-0.1, -0.05) is 24.8 Å². The number of ether oxygens (including phenoxy) is 1. The Bertz CT molecular complexity index is 459. The van der Waals surface area contributed by atoms with Crippen LogP contribution in [0.5, 0.6) is 5.75 Å². The Morgan fingerprint density at radius 1 is 1.53 bits per heavy atom. The molecule has 3 nitrogen and oxygen atoms in total. The molecule has 0 radical (unpaired) electrons. The third-order valence-corrected chi connectivity index (χ3v) is 2.11. The molecule has 0 saturated heterocycles. The molecule has 0 bridgehead atoms. The van der Waals surface area contributed by atoms with E-state index < -0.39 is 5.97 Å². The van der Waals surface area contributed by atoms with Crippen molar-refractivity contribution in [2.75, 3.05) is 6.61 Å². The first kappa shape index (κ1) is 13.0. The van der Waals surface area contributed by atoms with Crippen molar-refractivity contribution < 1.29 is 14.6 Å². The molecule has 0 aliphatic carbocycles. The molecule has 1 N–H and O–H groups in total.